The van der Waals surface area contributed by atoms with Crippen molar-refractivity contribution in [3.8, 4) is 0 Å². The number of amides is 1. The molecule has 116 valence electrons. The van der Waals surface area contributed by atoms with Crippen LogP contribution in [0.3, 0.4) is 0 Å². The molecule has 1 atom stereocenters. The molecule has 0 N–H and O–H groups in total. The number of benzene rings is 1. The average molecular weight is 318 g/mol. The summed E-state index contributed by atoms with van der Waals surface area (Å²) in [7, 11) is 1.02. The van der Waals surface area contributed by atoms with Gasteiger partial charge in [-0.05, 0) is 31.2 Å². The summed E-state index contributed by atoms with van der Waals surface area (Å²) in [4.78, 5) is 22.5. The molecule has 6 nitrogen and oxygen atoms in total. The Morgan fingerprint density at radius 3 is 2.27 bits per heavy atom. The van der Waals surface area contributed by atoms with Gasteiger partial charge in [-0.2, -0.15) is 4.36 Å². The molecular formula is C15H18N4O2S. The molecule has 0 fully saturated rings. The van der Waals surface area contributed by atoms with Crippen LogP contribution < -0.4 is 4.90 Å². The van der Waals surface area contributed by atoms with Crippen LogP contribution in [0.15, 0.2) is 45.9 Å². The highest BCUT2D eigenvalue weighted by atomic mass is 32.2. The number of aryl methyl sites for hydroxylation is 1. The van der Waals surface area contributed by atoms with E-state index in [1.807, 2.05) is 31.1 Å². The molecule has 0 aliphatic rings. The van der Waals surface area contributed by atoms with Crippen LogP contribution in [0.1, 0.15) is 16.2 Å². The Morgan fingerprint density at radius 2 is 1.77 bits per heavy atom. The predicted octanol–water partition coefficient (Wildman–Crippen LogP) is 2.15. The van der Waals surface area contributed by atoms with Gasteiger partial charge in [0.05, 0.1) is 21.6 Å². The van der Waals surface area contributed by atoms with Crippen molar-refractivity contribution in [2.75, 3.05) is 25.3 Å². The van der Waals surface area contributed by atoms with Crippen molar-refractivity contribution in [1.82, 2.24) is 9.97 Å². The van der Waals surface area contributed by atoms with Crippen LogP contribution in [0.4, 0.5) is 5.69 Å². The fourth-order valence-corrected chi connectivity index (χ4v) is 2.91. The highest BCUT2D eigenvalue weighted by molar-refractivity contribution is 7.93. The number of aromatic nitrogens is 2. The molecule has 0 bridgehead atoms. The number of carbonyl (C=O) groups excluding carboxylic acids is 1. The molecule has 0 radical (unpaired) electrons. The summed E-state index contributed by atoms with van der Waals surface area (Å²) in [5, 5.41) is 0. The van der Waals surface area contributed by atoms with Crippen LogP contribution in [0.5, 0.6) is 0 Å². The molecule has 7 heteroatoms. The first-order chi connectivity index (χ1) is 10.3. The van der Waals surface area contributed by atoms with Crippen molar-refractivity contribution < 1.29 is 9.00 Å². The number of hydrogen-bond acceptors (Lipinski definition) is 5. The van der Waals surface area contributed by atoms with E-state index in [2.05, 4.69) is 14.3 Å². The minimum absolute atomic E-state index is 0.0880. The molecule has 0 aliphatic carbocycles. The molecule has 0 spiro atoms. The average Bonchev–Trinajstić information content (AvgIpc) is 2.47. The van der Waals surface area contributed by atoms with Gasteiger partial charge >= 0.3 is 5.91 Å². The smallest absolute Gasteiger partial charge is 0.305 e. The first kappa shape index (κ1) is 16.1. The summed E-state index contributed by atoms with van der Waals surface area (Å²) in [6, 6.07) is 7.11. The lowest BCUT2D eigenvalue weighted by Crippen LogP contribution is -2.09. The second-order valence-corrected chi connectivity index (χ2v) is 7.39. The van der Waals surface area contributed by atoms with Crippen LogP contribution in [0, 0.1) is 6.92 Å². The van der Waals surface area contributed by atoms with Crippen molar-refractivity contribution in [3.63, 3.8) is 0 Å². The highest BCUT2D eigenvalue weighted by Gasteiger charge is 2.13. The van der Waals surface area contributed by atoms with E-state index in [9.17, 15) is 9.00 Å². The second kappa shape index (κ2) is 6.23. The minimum Gasteiger partial charge on any atom is -0.378 e. The SMILES string of the molecule is Cc1cnc(C(=O)N=[S@](C)(=O)c2ccc(N(C)C)cc2)cn1. The lowest BCUT2D eigenvalue weighted by atomic mass is 10.3. The summed E-state index contributed by atoms with van der Waals surface area (Å²) >= 11 is 0. The van der Waals surface area contributed by atoms with Crippen molar-refractivity contribution in [2.45, 2.75) is 11.8 Å². The lowest BCUT2D eigenvalue weighted by molar-refractivity contribution is 0.1000. The van der Waals surface area contributed by atoms with Gasteiger partial charge in [-0.1, -0.05) is 0 Å². The van der Waals surface area contributed by atoms with E-state index in [1.165, 1.54) is 18.6 Å². The van der Waals surface area contributed by atoms with Crippen LogP contribution in [0.2, 0.25) is 0 Å². The Morgan fingerprint density at radius 1 is 1.14 bits per heavy atom. The zero-order valence-corrected chi connectivity index (χ0v) is 13.8. The molecule has 0 saturated heterocycles. The molecular weight excluding hydrogens is 300 g/mol. The van der Waals surface area contributed by atoms with E-state index in [4.69, 9.17) is 0 Å². The summed E-state index contributed by atoms with van der Waals surface area (Å²) in [5.41, 5.74) is 1.77. The largest absolute Gasteiger partial charge is 0.378 e. The van der Waals surface area contributed by atoms with E-state index in [0.717, 1.165) is 5.69 Å². The number of rotatable bonds is 3. The van der Waals surface area contributed by atoms with Gasteiger partial charge in [0.15, 0.2) is 0 Å². The van der Waals surface area contributed by atoms with Crippen LogP contribution in [-0.4, -0.2) is 40.4 Å². The van der Waals surface area contributed by atoms with E-state index >= 15 is 0 Å². The van der Waals surface area contributed by atoms with Gasteiger partial charge in [0, 0.05) is 37.1 Å². The third kappa shape index (κ3) is 3.67. The second-order valence-electron chi connectivity index (χ2n) is 5.13. The molecule has 1 heterocycles. The van der Waals surface area contributed by atoms with Gasteiger partial charge in [0.25, 0.3) is 0 Å². The molecule has 0 aliphatic heterocycles. The Kier molecular flexibility index (Phi) is 4.56. The molecule has 22 heavy (non-hydrogen) atoms. The normalized spacial score (nSPS) is 13.3. The molecule has 0 saturated carbocycles. The zero-order valence-electron chi connectivity index (χ0n) is 13.0. The zero-order chi connectivity index (χ0) is 16.3. The lowest BCUT2D eigenvalue weighted by Gasteiger charge is -2.13. The first-order valence-electron chi connectivity index (χ1n) is 6.62. The number of nitrogens with zero attached hydrogens (tertiary/aromatic N) is 4. The molecule has 0 unspecified atom stereocenters. The van der Waals surface area contributed by atoms with Crippen molar-refractivity contribution >= 4 is 21.3 Å². The summed E-state index contributed by atoms with van der Waals surface area (Å²) in [5.74, 6) is -0.628. The summed E-state index contributed by atoms with van der Waals surface area (Å²) in [6.07, 6.45) is 4.26. The van der Waals surface area contributed by atoms with Gasteiger partial charge in [-0.3, -0.25) is 9.78 Å². The van der Waals surface area contributed by atoms with E-state index in [0.29, 0.717) is 10.6 Å². The topological polar surface area (TPSA) is 75.5 Å². The molecule has 1 aromatic heterocycles. The van der Waals surface area contributed by atoms with E-state index in [1.54, 1.807) is 19.1 Å². The Bertz CT molecular complexity index is 789. The van der Waals surface area contributed by atoms with Gasteiger partial charge in [0.2, 0.25) is 0 Å². The van der Waals surface area contributed by atoms with Gasteiger partial charge in [0.1, 0.15) is 5.69 Å². The van der Waals surface area contributed by atoms with Crippen LogP contribution in [-0.2, 0) is 9.73 Å². The molecule has 1 amide bonds. The Labute approximate surface area is 130 Å². The van der Waals surface area contributed by atoms with Crippen LogP contribution in [0.25, 0.3) is 0 Å². The summed E-state index contributed by atoms with van der Waals surface area (Å²) in [6.45, 7) is 1.77. The van der Waals surface area contributed by atoms with Gasteiger partial charge in [-0.25, -0.2) is 9.19 Å². The Balaban J connectivity index is 2.34. The van der Waals surface area contributed by atoms with Gasteiger partial charge in [-0.15, -0.1) is 0 Å². The third-order valence-electron chi connectivity index (χ3n) is 3.05. The molecule has 2 rings (SSSR count). The number of carbonyl (C=O) groups is 1. The quantitative estimate of drug-likeness (QED) is 0.866. The summed E-state index contributed by atoms with van der Waals surface area (Å²) < 4.78 is 16.5. The highest BCUT2D eigenvalue weighted by Crippen LogP contribution is 2.18. The fraction of sp³-hybridized carbons (Fsp3) is 0.267. The first-order valence-corrected chi connectivity index (χ1v) is 8.54. The number of anilines is 1. The number of hydrogen-bond donors (Lipinski definition) is 0. The van der Waals surface area contributed by atoms with Crippen LogP contribution >= 0.6 is 0 Å². The maximum atomic E-state index is 12.7. The predicted molar refractivity (Wildman–Crippen MR) is 86.6 cm³/mol. The van der Waals surface area contributed by atoms with Crippen molar-refractivity contribution in [1.29, 1.82) is 0 Å². The maximum Gasteiger partial charge on any atom is 0.305 e. The van der Waals surface area contributed by atoms with Gasteiger partial charge < -0.3 is 4.90 Å². The minimum atomic E-state index is -2.82. The Hall–Kier alpha value is -2.28. The molecule has 1 aromatic carbocycles. The monoisotopic (exact) mass is 318 g/mol. The van der Waals surface area contributed by atoms with Crippen molar-refractivity contribution in [3.05, 3.63) is 48.0 Å². The standard InChI is InChI=1S/C15H18N4O2S/c1-11-9-17-14(10-16-11)15(20)18-22(4,21)13-7-5-12(6-8-13)19(2)3/h5-10H,1-4H3/t22-/m1/s1. The van der Waals surface area contributed by atoms with Crippen molar-refractivity contribution in [2.24, 2.45) is 4.36 Å². The van der Waals surface area contributed by atoms with E-state index in [-0.39, 0.29) is 5.69 Å². The maximum absolute atomic E-state index is 12.7. The fourth-order valence-electron chi connectivity index (χ4n) is 1.76. The molecule has 2 aromatic rings. The third-order valence-corrected chi connectivity index (χ3v) is 4.71. The van der Waals surface area contributed by atoms with E-state index < -0.39 is 15.6 Å².